The van der Waals surface area contributed by atoms with Crippen LogP contribution in [0.2, 0.25) is 0 Å². The van der Waals surface area contributed by atoms with Gasteiger partial charge in [-0.1, -0.05) is 27.2 Å². The van der Waals surface area contributed by atoms with Gasteiger partial charge in [0.1, 0.15) is 0 Å². The lowest BCUT2D eigenvalue weighted by Gasteiger charge is -2.07. The average molecular weight is 212 g/mol. The van der Waals surface area contributed by atoms with Crippen LogP contribution in [0, 0.1) is 11.8 Å². The fourth-order valence-corrected chi connectivity index (χ4v) is 1.74. The van der Waals surface area contributed by atoms with Gasteiger partial charge >= 0.3 is 0 Å². The van der Waals surface area contributed by atoms with E-state index >= 15 is 0 Å². The van der Waals surface area contributed by atoms with E-state index < -0.39 is 0 Å². The molecule has 2 N–H and O–H groups in total. The third-order valence-electron chi connectivity index (χ3n) is 3.02. The standard InChI is InChI=1S/C12H24N2O/c1-4-10-7-11(10)14-8-12(15)13-6-5-9(2)3/h9-11,14H,4-8H2,1-3H3,(H,13,15). The molecule has 1 saturated carbocycles. The number of nitrogens with one attached hydrogen (secondary N) is 2. The largest absolute Gasteiger partial charge is 0.355 e. The van der Waals surface area contributed by atoms with Crippen molar-refractivity contribution in [1.29, 1.82) is 0 Å². The highest BCUT2D eigenvalue weighted by atomic mass is 16.1. The van der Waals surface area contributed by atoms with Crippen LogP contribution in [-0.4, -0.2) is 25.0 Å². The van der Waals surface area contributed by atoms with E-state index in [0.717, 1.165) is 18.9 Å². The van der Waals surface area contributed by atoms with E-state index in [1.54, 1.807) is 0 Å². The quantitative estimate of drug-likeness (QED) is 0.672. The third kappa shape index (κ3) is 5.17. The van der Waals surface area contributed by atoms with Crippen LogP contribution >= 0.6 is 0 Å². The molecule has 2 unspecified atom stereocenters. The smallest absolute Gasteiger partial charge is 0.233 e. The molecule has 0 aromatic carbocycles. The monoisotopic (exact) mass is 212 g/mol. The number of carbonyl (C=O) groups excluding carboxylic acids is 1. The number of carbonyl (C=O) groups is 1. The highest BCUT2D eigenvalue weighted by Crippen LogP contribution is 2.32. The lowest BCUT2D eigenvalue weighted by Crippen LogP contribution is -2.36. The normalized spacial score (nSPS) is 24.3. The Balaban J connectivity index is 1.95. The van der Waals surface area contributed by atoms with Crippen molar-refractivity contribution >= 4 is 5.91 Å². The molecule has 0 heterocycles. The molecule has 3 heteroatoms. The molecule has 88 valence electrons. The van der Waals surface area contributed by atoms with Crippen molar-refractivity contribution in [2.24, 2.45) is 11.8 Å². The summed E-state index contributed by atoms with van der Waals surface area (Å²) in [5, 5.41) is 6.21. The van der Waals surface area contributed by atoms with Gasteiger partial charge in [0.2, 0.25) is 5.91 Å². The maximum atomic E-state index is 11.4. The molecule has 15 heavy (non-hydrogen) atoms. The maximum Gasteiger partial charge on any atom is 0.233 e. The van der Waals surface area contributed by atoms with Gasteiger partial charge in [-0.15, -0.1) is 0 Å². The first kappa shape index (κ1) is 12.5. The molecule has 0 spiro atoms. The second-order valence-electron chi connectivity index (χ2n) is 4.92. The summed E-state index contributed by atoms with van der Waals surface area (Å²) < 4.78 is 0. The van der Waals surface area contributed by atoms with E-state index in [1.807, 2.05) is 0 Å². The second kappa shape index (κ2) is 6.11. The minimum atomic E-state index is 0.136. The lowest BCUT2D eigenvalue weighted by atomic mass is 10.1. The van der Waals surface area contributed by atoms with Gasteiger partial charge in [0.25, 0.3) is 0 Å². The zero-order chi connectivity index (χ0) is 11.3. The van der Waals surface area contributed by atoms with Crippen LogP contribution in [-0.2, 0) is 4.79 Å². The van der Waals surface area contributed by atoms with Crippen molar-refractivity contribution in [3.05, 3.63) is 0 Å². The summed E-state index contributed by atoms with van der Waals surface area (Å²) in [5.41, 5.74) is 0. The zero-order valence-electron chi connectivity index (χ0n) is 10.2. The van der Waals surface area contributed by atoms with Crippen LogP contribution in [0.5, 0.6) is 0 Å². The Kier molecular flexibility index (Phi) is 5.09. The Morgan fingerprint density at radius 2 is 2.20 bits per heavy atom. The van der Waals surface area contributed by atoms with Crippen molar-refractivity contribution in [3.63, 3.8) is 0 Å². The summed E-state index contributed by atoms with van der Waals surface area (Å²) in [4.78, 5) is 11.4. The number of hydrogen-bond acceptors (Lipinski definition) is 2. The molecule has 1 aliphatic rings. The molecule has 1 fully saturated rings. The van der Waals surface area contributed by atoms with E-state index in [-0.39, 0.29) is 5.91 Å². The molecular formula is C12H24N2O. The molecule has 0 saturated heterocycles. The minimum absolute atomic E-state index is 0.136. The molecule has 0 bridgehead atoms. The molecule has 0 aromatic rings. The zero-order valence-corrected chi connectivity index (χ0v) is 10.2. The summed E-state index contributed by atoms with van der Waals surface area (Å²) in [7, 11) is 0. The van der Waals surface area contributed by atoms with E-state index in [1.165, 1.54) is 12.8 Å². The van der Waals surface area contributed by atoms with Crippen molar-refractivity contribution in [3.8, 4) is 0 Å². The van der Waals surface area contributed by atoms with Crippen molar-refractivity contribution in [2.75, 3.05) is 13.1 Å². The fourth-order valence-electron chi connectivity index (χ4n) is 1.74. The lowest BCUT2D eigenvalue weighted by molar-refractivity contribution is -0.120. The van der Waals surface area contributed by atoms with Gasteiger partial charge in [-0.2, -0.15) is 0 Å². The summed E-state index contributed by atoms with van der Waals surface area (Å²) in [6.07, 6.45) is 3.54. The Morgan fingerprint density at radius 1 is 1.47 bits per heavy atom. The van der Waals surface area contributed by atoms with Gasteiger partial charge < -0.3 is 10.6 Å². The Labute approximate surface area is 93.0 Å². The highest BCUT2D eigenvalue weighted by molar-refractivity contribution is 5.78. The third-order valence-corrected chi connectivity index (χ3v) is 3.02. The van der Waals surface area contributed by atoms with Crippen molar-refractivity contribution < 1.29 is 4.79 Å². The van der Waals surface area contributed by atoms with Crippen LogP contribution in [0.15, 0.2) is 0 Å². The minimum Gasteiger partial charge on any atom is -0.355 e. The van der Waals surface area contributed by atoms with Crippen LogP contribution in [0.3, 0.4) is 0 Å². The molecular weight excluding hydrogens is 188 g/mol. The van der Waals surface area contributed by atoms with Crippen molar-refractivity contribution in [2.45, 2.75) is 46.1 Å². The van der Waals surface area contributed by atoms with Crippen LogP contribution < -0.4 is 10.6 Å². The highest BCUT2D eigenvalue weighted by Gasteiger charge is 2.34. The van der Waals surface area contributed by atoms with E-state index in [9.17, 15) is 4.79 Å². The van der Waals surface area contributed by atoms with Crippen LogP contribution in [0.25, 0.3) is 0 Å². The SMILES string of the molecule is CCC1CC1NCC(=O)NCCC(C)C. The first-order chi connectivity index (χ1) is 7.13. The van der Waals surface area contributed by atoms with Crippen LogP contribution in [0.4, 0.5) is 0 Å². The summed E-state index contributed by atoms with van der Waals surface area (Å²) in [6, 6.07) is 0.603. The second-order valence-corrected chi connectivity index (χ2v) is 4.92. The molecule has 3 nitrogen and oxygen atoms in total. The summed E-state index contributed by atoms with van der Waals surface area (Å²) >= 11 is 0. The van der Waals surface area contributed by atoms with Gasteiger partial charge in [0, 0.05) is 12.6 Å². The Hall–Kier alpha value is -0.570. The predicted molar refractivity (Wildman–Crippen MR) is 62.7 cm³/mol. The number of amides is 1. The molecule has 2 atom stereocenters. The maximum absolute atomic E-state index is 11.4. The Bertz CT molecular complexity index is 204. The predicted octanol–water partition coefficient (Wildman–Crippen LogP) is 1.54. The van der Waals surface area contributed by atoms with E-state index in [0.29, 0.717) is 18.5 Å². The van der Waals surface area contributed by atoms with E-state index in [2.05, 4.69) is 31.4 Å². The molecule has 1 amide bonds. The summed E-state index contributed by atoms with van der Waals surface area (Å²) in [5.74, 6) is 1.61. The molecule has 1 rings (SSSR count). The number of rotatable bonds is 7. The Morgan fingerprint density at radius 3 is 2.73 bits per heavy atom. The summed E-state index contributed by atoms with van der Waals surface area (Å²) in [6.45, 7) is 7.83. The van der Waals surface area contributed by atoms with Gasteiger partial charge in [-0.05, 0) is 24.7 Å². The van der Waals surface area contributed by atoms with Gasteiger partial charge in [0.05, 0.1) is 6.54 Å². The molecule has 0 aliphatic heterocycles. The topological polar surface area (TPSA) is 41.1 Å². The molecule has 1 aliphatic carbocycles. The van der Waals surface area contributed by atoms with E-state index in [4.69, 9.17) is 0 Å². The van der Waals surface area contributed by atoms with Crippen molar-refractivity contribution in [1.82, 2.24) is 10.6 Å². The molecule has 0 radical (unpaired) electrons. The van der Waals surface area contributed by atoms with Gasteiger partial charge in [-0.25, -0.2) is 0 Å². The fraction of sp³-hybridized carbons (Fsp3) is 0.917. The first-order valence-electron chi connectivity index (χ1n) is 6.13. The van der Waals surface area contributed by atoms with Gasteiger partial charge in [0.15, 0.2) is 0 Å². The molecule has 0 aromatic heterocycles. The average Bonchev–Trinajstić information content (AvgIpc) is 2.92. The van der Waals surface area contributed by atoms with Crippen LogP contribution in [0.1, 0.15) is 40.0 Å². The van der Waals surface area contributed by atoms with Gasteiger partial charge in [-0.3, -0.25) is 4.79 Å². The number of hydrogen-bond donors (Lipinski definition) is 2. The first-order valence-corrected chi connectivity index (χ1v) is 6.13.